The van der Waals surface area contributed by atoms with E-state index >= 15 is 0 Å². The van der Waals surface area contributed by atoms with Crippen molar-refractivity contribution < 1.29 is 13.2 Å². The predicted molar refractivity (Wildman–Crippen MR) is 106 cm³/mol. The van der Waals surface area contributed by atoms with Crippen molar-refractivity contribution in [3.05, 3.63) is 59.9 Å². The molecule has 7 heteroatoms. The number of anilines is 1. The van der Waals surface area contributed by atoms with Crippen LogP contribution in [0.4, 0.5) is 5.69 Å². The Morgan fingerprint density at radius 1 is 1.19 bits per heavy atom. The standard InChI is InChI=1S/C20H25N3O3S/c1-16-5-7-19(8-6-16)23(15-17-4-3-11-21-14-17)20(24)18-9-12-22(13-10-18)27(2,25)26/h3-8,11,14,18H,9-10,12-13,15H2,1-2H3. The van der Waals surface area contributed by atoms with Crippen molar-refractivity contribution in [2.24, 2.45) is 5.92 Å². The van der Waals surface area contributed by atoms with Gasteiger partial charge in [-0.3, -0.25) is 9.78 Å². The molecule has 1 aromatic carbocycles. The molecule has 0 saturated carbocycles. The van der Waals surface area contributed by atoms with E-state index in [-0.39, 0.29) is 11.8 Å². The predicted octanol–water partition coefficient (Wildman–Crippen LogP) is 2.59. The summed E-state index contributed by atoms with van der Waals surface area (Å²) >= 11 is 0. The maximum absolute atomic E-state index is 13.3. The average Bonchev–Trinajstić information content (AvgIpc) is 2.67. The third kappa shape index (κ3) is 4.93. The van der Waals surface area contributed by atoms with Crippen LogP contribution in [0.5, 0.6) is 0 Å². The number of benzene rings is 1. The SMILES string of the molecule is Cc1ccc(N(Cc2cccnc2)C(=O)C2CCN(S(C)(=O)=O)CC2)cc1. The summed E-state index contributed by atoms with van der Waals surface area (Å²) in [5.41, 5.74) is 2.94. The van der Waals surface area contributed by atoms with Crippen LogP contribution in [0.15, 0.2) is 48.8 Å². The third-order valence-corrected chi connectivity index (χ3v) is 6.25. The van der Waals surface area contributed by atoms with E-state index in [0.29, 0.717) is 32.5 Å². The number of aromatic nitrogens is 1. The van der Waals surface area contributed by atoms with E-state index < -0.39 is 10.0 Å². The Bertz CT molecular complexity index is 874. The van der Waals surface area contributed by atoms with E-state index in [1.807, 2.05) is 43.3 Å². The topological polar surface area (TPSA) is 70.6 Å². The van der Waals surface area contributed by atoms with Crippen molar-refractivity contribution >= 4 is 21.6 Å². The summed E-state index contributed by atoms with van der Waals surface area (Å²) in [6, 6.07) is 11.7. The minimum Gasteiger partial charge on any atom is -0.308 e. The van der Waals surface area contributed by atoms with E-state index in [0.717, 1.165) is 16.8 Å². The molecule has 0 unspecified atom stereocenters. The van der Waals surface area contributed by atoms with Gasteiger partial charge in [0.05, 0.1) is 12.8 Å². The number of pyridine rings is 1. The Balaban J connectivity index is 1.80. The van der Waals surface area contributed by atoms with E-state index in [1.165, 1.54) is 10.6 Å². The van der Waals surface area contributed by atoms with Crippen LogP contribution in [0.25, 0.3) is 0 Å². The van der Waals surface area contributed by atoms with Gasteiger partial charge in [-0.05, 0) is 43.5 Å². The van der Waals surface area contributed by atoms with E-state index in [2.05, 4.69) is 4.98 Å². The Labute approximate surface area is 160 Å². The molecule has 2 aromatic rings. The maximum atomic E-state index is 13.3. The molecule has 144 valence electrons. The van der Waals surface area contributed by atoms with Crippen LogP contribution in [0.2, 0.25) is 0 Å². The number of rotatable bonds is 5. The van der Waals surface area contributed by atoms with Gasteiger partial charge < -0.3 is 4.90 Å². The van der Waals surface area contributed by atoms with Gasteiger partial charge in [-0.2, -0.15) is 0 Å². The number of hydrogen-bond acceptors (Lipinski definition) is 4. The number of nitrogens with zero attached hydrogens (tertiary/aromatic N) is 3. The highest BCUT2D eigenvalue weighted by Gasteiger charge is 2.32. The van der Waals surface area contributed by atoms with Crippen molar-refractivity contribution in [1.82, 2.24) is 9.29 Å². The van der Waals surface area contributed by atoms with Crippen LogP contribution in [-0.4, -0.2) is 43.0 Å². The number of carbonyl (C=O) groups is 1. The van der Waals surface area contributed by atoms with E-state index in [4.69, 9.17) is 0 Å². The number of aryl methyl sites for hydroxylation is 1. The molecule has 3 rings (SSSR count). The van der Waals surface area contributed by atoms with Crippen LogP contribution in [0.1, 0.15) is 24.0 Å². The van der Waals surface area contributed by atoms with Gasteiger partial charge in [0.1, 0.15) is 0 Å². The fraction of sp³-hybridized carbons (Fsp3) is 0.400. The second kappa shape index (κ2) is 8.19. The zero-order chi connectivity index (χ0) is 19.4. The van der Waals surface area contributed by atoms with Crippen molar-refractivity contribution in [2.45, 2.75) is 26.3 Å². The molecule has 1 saturated heterocycles. The van der Waals surface area contributed by atoms with Crippen molar-refractivity contribution in [3.63, 3.8) is 0 Å². The minimum absolute atomic E-state index is 0.0378. The molecule has 1 fully saturated rings. The first kappa shape index (κ1) is 19.5. The highest BCUT2D eigenvalue weighted by Crippen LogP contribution is 2.26. The quantitative estimate of drug-likeness (QED) is 0.791. The van der Waals surface area contributed by atoms with Gasteiger partial charge in [0.15, 0.2) is 0 Å². The Kier molecular flexibility index (Phi) is 5.92. The molecule has 0 bridgehead atoms. The zero-order valence-electron chi connectivity index (χ0n) is 15.7. The lowest BCUT2D eigenvalue weighted by Crippen LogP contribution is -2.44. The smallest absolute Gasteiger partial charge is 0.230 e. The number of hydrogen-bond donors (Lipinski definition) is 0. The molecule has 0 aliphatic carbocycles. The zero-order valence-corrected chi connectivity index (χ0v) is 16.5. The maximum Gasteiger partial charge on any atom is 0.230 e. The monoisotopic (exact) mass is 387 g/mol. The molecule has 0 N–H and O–H groups in total. The molecule has 1 amide bonds. The average molecular weight is 388 g/mol. The largest absolute Gasteiger partial charge is 0.308 e. The lowest BCUT2D eigenvalue weighted by molar-refractivity contribution is -0.123. The Morgan fingerprint density at radius 3 is 2.41 bits per heavy atom. The fourth-order valence-corrected chi connectivity index (χ4v) is 4.22. The van der Waals surface area contributed by atoms with Gasteiger partial charge in [-0.25, -0.2) is 12.7 Å². The first-order valence-electron chi connectivity index (χ1n) is 9.06. The first-order chi connectivity index (χ1) is 12.8. The summed E-state index contributed by atoms with van der Waals surface area (Å²) in [6.07, 6.45) is 5.78. The van der Waals surface area contributed by atoms with Gasteiger partial charge in [-0.15, -0.1) is 0 Å². The van der Waals surface area contributed by atoms with Crippen LogP contribution < -0.4 is 4.90 Å². The van der Waals surface area contributed by atoms with Gasteiger partial charge in [0.25, 0.3) is 0 Å². The molecule has 1 aliphatic rings. The molecule has 27 heavy (non-hydrogen) atoms. The lowest BCUT2D eigenvalue weighted by Gasteiger charge is -2.33. The Morgan fingerprint density at radius 2 is 1.85 bits per heavy atom. The second-order valence-electron chi connectivity index (χ2n) is 7.06. The van der Waals surface area contributed by atoms with Crippen molar-refractivity contribution in [1.29, 1.82) is 0 Å². The van der Waals surface area contributed by atoms with Gasteiger partial charge in [0, 0.05) is 37.1 Å². The number of amides is 1. The molecular formula is C20H25N3O3S. The molecule has 1 aromatic heterocycles. The van der Waals surface area contributed by atoms with Gasteiger partial charge in [0.2, 0.25) is 15.9 Å². The summed E-state index contributed by atoms with van der Waals surface area (Å²) in [6.45, 7) is 3.24. The van der Waals surface area contributed by atoms with Crippen molar-refractivity contribution in [2.75, 3.05) is 24.2 Å². The fourth-order valence-electron chi connectivity index (χ4n) is 3.35. The first-order valence-corrected chi connectivity index (χ1v) is 10.9. The van der Waals surface area contributed by atoms with Crippen LogP contribution >= 0.6 is 0 Å². The minimum atomic E-state index is -3.20. The molecule has 1 aliphatic heterocycles. The molecule has 2 heterocycles. The molecule has 0 atom stereocenters. The summed E-state index contributed by atoms with van der Waals surface area (Å²) in [4.78, 5) is 19.2. The summed E-state index contributed by atoms with van der Waals surface area (Å²) in [7, 11) is -3.20. The lowest BCUT2D eigenvalue weighted by atomic mass is 9.96. The van der Waals surface area contributed by atoms with Crippen LogP contribution in [-0.2, 0) is 21.4 Å². The van der Waals surface area contributed by atoms with Crippen LogP contribution in [0, 0.1) is 12.8 Å². The normalized spacial score (nSPS) is 16.2. The highest BCUT2D eigenvalue weighted by molar-refractivity contribution is 7.88. The molecule has 6 nitrogen and oxygen atoms in total. The van der Waals surface area contributed by atoms with E-state index in [1.54, 1.807) is 17.3 Å². The number of carbonyl (C=O) groups excluding carboxylic acids is 1. The van der Waals surface area contributed by atoms with Crippen molar-refractivity contribution in [3.8, 4) is 0 Å². The van der Waals surface area contributed by atoms with Crippen LogP contribution in [0.3, 0.4) is 0 Å². The Hall–Kier alpha value is -2.25. The molecule has 0 radical (unpaired) electrons. The third-order valence-electron chi connectivity index (χ3n) is 4.95. The molecular weight excluding hydrogens is 362 g/mol. The molecule has 0 spiro atoms. The summed E-state index contributed by atoms with van der Waals surface area (Å²) in [5.74, 6) is -0.142. The van der Waals surface area contributed by atoms with Gasteiger partial charge in [-0.1, -0.05) is 23.8 Å². The number of sulfonamides is 1. The second-order valence-corrected chi connectivity index (χ2v) is 9.04. The summed E-state index contributed by atoms with van der Waals surface area (Å²) < 4.78 is 24.9. The van der Waals surface area contributed by atoms with E-state index in [9.17, 15) is 13.2 Å². The highest BCUT2D eigenvalue weighted by atomic mass is 32.2. The number of piperidine rings is 1. The van der Waals surface area contributed by atoms with Gasteiger partial charge >= 0.3 is 0 Å². The summed E-state index contributed by atoms with van der Waals surface area (Å²) in [5, 5.41) is 0.